The van der Waals surface area contributed by atoms with Gasteiger partial charge < -0.3 is 10.2 Å². The molecular weight excluding hydrogens is 239 g/mol. The van der Waals surface area contributed by atoms with Crippen LogP contribution in [0, 0.1) is 11.7 Å². The minimum absolute atomic E-state index is 0.147. The molecule has 0 fully saturated rings. The van der Waals surface area contributed by atoms with E-state index in [1.54, 1.807) is 12.1 Å². The zero-order chi connectivity index (χ0) is 14.3. The highest BCUT2D eigenvalue weighted by molar-refractivity contribution is 5.49. The van der Waals surface area contributed by atoms with Crippen LogP contribution in [-0.2, 0) is 6.54 Å². The Bertz CT molecular complexity index is 375. The molecule has 0 radical (unpaired) electrons. The largest absolute Gasteiger partial charge is 0.371 e. The molecule has 0 aromatic heterocycles. The first-order chi connectivity index (χ1) is 9.14. The van der Waals surface area contributed by atoms with E-state index in [1.165, 1.54) is 12.8 Å². The molecule has 0 heterocycles. The van der Waals surface area contributed by atoms with Crippen molar-refractivity contribution in [1.29, 1.82) is 0 Å². The van der Waals surface area contributed by atoms with E-state index >= 15 is 0 Å². The van der Waals surface area contributed by atoms with Gasteiger partial charge in [0.1, 0.15) is 5.82 Å². The zero-order valence-corrected chi connectivity index (χ0v) is 12.7. The summed E-state index contributed by atoms with van der Waals surface area (Å²) in [4.78, 5) is 2.28. The summed E-state index contributed by atoms with van der Waals surface area (Å²) in [7, 11) is 1.88. The molecule has 108 valence electrons. The van der Waals surface area contributed by atoms with E-state index in [1.807, 2.05) is 7.05 Å². The van der Waals surface area contributed by atoms with E-state index in [4.69, 9.17) is 0 Å². The maximum absolute atomic E-state index is 13.7. The third-order valence-electron chi connectivity index (χ3n) is 3.70. The predicted molar refractivity (Wildman–Crippen MR) is 81.1 cm³/mol. The van der Waals surface area contributed by atoms with Gasteiger partial charge in [-0.15, -0.1) is 0 Å². The summed E-state index contributed by atoms with van der Waals surface area (Å²) >= 11 is 0. The average molecular weight is 266 g/mol. The lowest BCUT2D eigenvalue weighted by atomic mass is 10.0. The van der Waals surface area contributed by atoms with Crippen LogP contribution in [0.4, 0.5) is 10.1 Å². The third-order valence-corrected chi connectivity index (χ3v) is 3.70. The van der Waals surface area contributed by atoms with Crippen molar-refractivity contribution in [2.75, 3.05) is 25.0 Å². The highest BCUT2D eigenvalue weighted by Gasteiger charge is 2.12. The van der Waals surface area contributed by atoms with Gasteiger partial charge in [0.15, 0.2) is 0 Å². The Morgan fingerprint density at radius 3 is 2.37 bits per heavy atom. The van der Waals surface area contributed by atoms with Gasteiger partial charge in [-0.2, -0.15) is 0 Å². The van der Waals surface area contributed by atoms with Crippen LogP contribution in [0.2, 0.25) is 0 Å². The van der Waals surface area contributed by atoms with E-state index in [0.717, 1.165) is 24.3 Å². The highest BCUT2D eigenvalue weighted by atomic mass is 19.1. The first-order valence-electron chi connectivity index (χ1n) is 7.33. The third kappa shape index (κ3) is 4.83. The number of nitrogens with one attached hydrogen (secondary N) is 1. The molecule has 0 saturated heterocycles. The van der Waals surface area contributed by atoms with Crippen molar-refractivity contribution in [3.05, 3.63) is 29.6 Å². The van der Waals surface area contributed by atoms with Gasteiger partial charge in [0.05, 0.1) is 0 Å². The minimum atomic E-state index is -0.147. The molecule has 0 aliphatic carbocycles. The van der Waals surface area contributed by atoms with Crippen LogP contribution in [-0.4, -0.2) is 20.1 Å². The van der Waals surface area contributed by atoms with Gasteiger partial charge >= 0.3 is 0 Å². The molecule has 1 aromatic carbocycles. The molecule has 0 atom stereocenters. The van der Waals surface area contributed by atoms with Gasteiger partial charge in [0.2, 0.25) is 0 Å². The van der Waals surface area contributed by atoms with Crippen LogP contribution in [0.25, 0.3) is 0 Å². The van der Waals surface area contributed by atoms with Gasteiger partial charge in [-0.1, -0.05) is 26.7 Å². The molecule has 1 aromatic rings. The Morgan fingerprint density at radius 1 is 1.16 bits per heavy atom. The Labute approximate surface area is 117 Å². The lowest BCUT2D eigenvalue weighted by molar-refractivity contribution is 0.485. The number of rotatable bonds is 8. The molecule has 3 heteroatoms. The fourth-order valence-corrected chi connectivity index (χ4v) is 2.40. The second-order valence-electron chi connectivity index (χ2n) is 5.07. The first kappa shape index (κ1) is 16.0. The summed E-state index contributed by atoms with van der Waals surface area (Å²) in [5, 5.41) is 3.07. The van der Waals surface area contributed by atoms with E-state index in [2.05, 4.69) is 37.1 Å². The Morgan fingerprint density at radius 2 is 1.84 bits per heavy atom. The summed E-state index contributed by atoms with van der Waals surface area (Å²) < 4.78 is 13.7. The quantitative estimate of drug-likeness (QED) is 0.769. The Hall–Kier alpha value is -1.09. The van der Waals surface area contributed by atoms with Gasteiger partial charge in [-0.25, -0.2) is 4.39 Å². The average Bonchev–Trinajstić information content (AvgIpc) is 2.40. The van der Waals surface area contributed by atoms with Crippen molar-refractivity contribution >= 4 is 5.69 Å². The number of nitrogens with zero attached hydrogens (tertiary/aromatic N) is 1. The van der Waals surface area contributed by atoms with E-state index in [0.29, 0.717) is 12.5 Å². The molecule has 0 spiro atoms. The molecule has 19 heavy (non-hydrogen) atoms. The minimum Gasteiger partial charge on any atom is -0.371 e. The molecule has 0 unspecified atom stereocenters. The molecule has 0 aliphatic rings. The molecular formula is C16H27FN2. The number of halogens is 1. The summed E-state index contributed by atoms with van der Waals surface area (Å²) in [6.45, 7) is 9.20. The number of hydrogen-bond donors (Lipinski definition) is 1. The topological polar surface area (TPSA) is 15.3 Å². The normalized spacial score (nSPS) is 11.1. The summed E-state index contributed by atoms with van der Waals surface area (Å²) in [6.07, 6.45) is 2.34. The van der Waals surface area contributed by atoms with Crippen molar-refractivity contribution in [3.63, 3.8) is 0 Å². The van der Waals surface area contributed by atoms with Crippen molar-refractivity contribution in [2.24, 2.45) is 5.92 Å². The maximum atomic E-state index is 13.7. The van der Waals surface area contributed by atoms with Crippen molar-refractivity contribution in [1.82, 2.24) is 5.32 Å². The lowest BCUT2D eigenvalue weighted by Gasteiger charge is -2.28. The van der Waals surface area contributed by atoms with Crippen LogP contribution in [0.1, 0.15) is 39.2 Å². The molecule has 1 rings (SSSR count). The standard InChI is InChI=1S/C16H27FN2/c1-5-13(6-2)12-19(7-3)16-9-14(11-18-4)8-15(17)10-16/h8-10,13,18H,5-7,11-12H2,1-4H3. The lowest BCUT2D eigenvalue weighted by Crippen LogP contribution is -2.29. The number of benzene rings is 1. The van der Waals surface area contributed by atoms with E-state index in [9.17, 15) is 4.39 Å². The number of hydrogen-bond acceptors (Lipinski definition) is 2. The van der Waals surface area contributed by atoms with Crippen LogP contribution < -0.4 is 10.2 Å². The van der Waals surface area contributed by atoms with E-state index < -0.39 is 0 Å². The second-order valence-corrected chi connectivity index (χ2v) is 5.07. The van der Waals surface area contributed by atoms with Crippen LogP contribution in [0.5, 0.6) is 0 Å². The molecule has 2 nitrogen and oxygen atoms in total. The van der Waals surface area contributed by atoms with Crippen molar-refractivity contribution in [2.45, 2.75) is 40.2 Å². The smallest absolute Gasteiger partial charge is 0.125 e. The van der Waals surface area contributed by atoms with Gasteiger partial charge in [0.25, 0.3) is 0 Å². The Kier molecular flexibility index (Phi) is 6.85. The van der Waals surface area contributed by atoms with Crippen molar-refractivity contribution < 1.29 is 4.39 Å². The highest BCUT2D eigenvalue weighted by Crippen LogP contribution is 2.21. The molecule has 0 bridgehead atoms. The Balaban J connectivity index is 2.90. The molecule has 0 saturated carbocycles. The maximum Gasteiger partial charge on any atom is 0.125 e. The van der Waals surface area contributed by atoms with E-state index in [-0.39, 0.29) is 5.82 Å². The molecule has 1 N–H and O–H groups in total. The van der Waals surface area contributed by atoms with Crippen molar-refractivity contribution in [3.8, 4) is 0 Å². The second kappa shape index (κ2) is 8.16. The first-order valence-corrected chi connectivity index (χ1v) is 7.33. The summed E-state index contributed by atoms with van der Waals surface area (Å²) in [6, 6.07) is 5.33. The van der Waals surface area contributed by atoms with Gasteiger partial charge in [0, 0.05) is 25.3 Å². The fourth-order valence-electron chi connectivity index (χ4n) is 2.40. The summed E-state index contributed by atoms with van der Waals surface area (Å²) in [5.74, 6) is 0.529. The van der Waals surface area contributed by atoms with Gasteiger partial charge in [-0.05, 0) is 43.7 Å². The van der Waals surface area contributed by atoms with Crippen LogP contribution in [0.15, 0.2) is 18.2 Å². The van der Waals surface area contributed by atoms with Gasteiger partial charge in [-0.3, -0.25) is 0 Å². The molecule has 0 aliphatic heterocycles. The SMILES string of the molecule is CCC(CC)CN(CC)c1cc(F)cc(CNC)c1. The van der Waals surface area contributed by atoms with Crippen LogP contribution in [0.3, 0.4) is 0 Å². The number of anilines is 1. The predicted octanol–water partition coefficient (Wildman–Crippen LogP) is 3.81. The monoisotopic (exact) mass is 266 g/mol. The fraction of sp³-hybridized carbons (Fsp3) is 0.625. The summed E-state index contributed by atoms with van der Waals surface area (Å²) in [5.41, 5.74) is 2.00. The molecule has 0 amide bonds. The van der Waals surface area contributed by atoms with Crippen LogP contribution >= 0.6 is 0 Å². The zero-order valence-electron chi connectivity index (χ0n) is 12.7.